The zero-order valence-electron chi connectivity index (χ0n) is 11.0. The van der Waals surface area contributed by atoms with Gasteiger partial charge >= 0.3 is 0 Å². The highest BCUT2D eigenvalue weighted by molar-refractivity contribution is 7.07. The molecule has 1 atom stereocenters. The Labute approximate surface area is 104 Å². The van der Waals surface area contributed by atoms with Crippen molar-refractivity contribution in [1.29, 1.82) is 0 Å². The van der Waals surface area contributed by atoms with Crippen LogP contribution in [0.5, 0.6) is 0 Å². The topological polar surface area (TPSA) is 12.0 Å². The van der Waals surface area contributed by atoms with Crippen LogP contribution in [-0.2, 0) is 6.42 Å². The largest absolute Gasteiger partial charge is 0.312 e. The van der Waals surface area contributed by atoms with Gasteiger partial charge in [0, 0.05) is 5.54 Å². The van der Waals surface area contributed by atoms with Crippen molar-refractivity contribution in [1.82, 2.24) is 5.32 Å². The third-order valence-corrected chi connectivity index (χ3v) is 3.53. The standard InChI is InChI=1S/C14H25NS/c1-12(7-9-15-14(2,3)4)5-6-13-8-10-16-11-13/h8,10-12,15H,5-7,9H2,1-4H3. The molecule has 1 nitrogen and oxygen atoms in total. The minimum atomic E-state index is 0.257. The van der Waals surface area contributed by atoms with Crippen LogP contribution in [-0.4, -0.2) is 12.1 Å². The predicted octanol–water partition coefficient (Wildman–Crippen LogP) is 4.10. The van der Waals surface area contributed by atoms with Crippen LogP contribution in [0.4, 0.5) is 0 Å². The molecule has 92 valence electrons. The zero-order valence-corrected chi connectivity index (χ0v) is 11.9. The molecule has 0 aromatic carbocycles. The van der Waals surface area contributed by atoms with E-state index < -0.39 is 0 Å². The number of rotatable bonds is 6. The first-order valence-electron chi connectivity index (χ1n) is 6.23. The SMILES string of the molecule is CC(CCNC(C)(C)C)CCc1ccsc1. The third-order valence-electron chi connectivity index (χ3n) is 2.80. The molecule has 1 aromatic rings. The van der Waals surface area contributed by atoms with Crippen molar-refractivity contribution in [3.63, 3.8) is 0 Å². The third kappa shape index (κ3) is 6.29. The van der Waals surface area contributed by atoms with E-state index in [1.165, 1.54) is 24.8 Å². The van der Waals surface area contributed by atoms with Gasteiger partial charge in [-0.15, -0.1) is 0 Å². The van der Waals surface area contributed by atoms with E-state index in [-0.39, 0.29) is 5.54 Å². The monoisotopic (exact) mass is 239 g/mol. The molecule has 0 fully saturated rings. The molecular formula is C14H25NS. The van der Waals surface area contributed by atoms with Crippen molar-refractivity contribution in [2.45, 2.75) is 52.5 Å². The Kier molecular flexibility index (Phi) is 5.50. The van der Waals surface area contributed by atoms with E-state index in [0.717, 1.165) is 12.5 Å². The molecule has 2 heteroatoms. The minimum Gasteiger partial charge on any atom is -0.312 e. The van der Waals surface area contributed by atoms with Gasteiger partial charge in [-0.05, 0) is 74.9 Å². The molecule has 1 unspecified atom stereocenters. The maximum atomic E-state index is 3.55. The van der Waals surface area contributed by atoms with Crippen LogP contribution in [0.3, 0.4) is 0 Å². The van der Waals surface area contributed by atoms with Gasteiger partial charge in [0.05, 0.1) is 0 Å². The number of nitrogens with one attached hydrogen (secondary N) is 1. The number of hydrogen-bond acceptors (Lipinski definition) is 2. The predicted molar refractivity (Wildman–Crippen MR) is 74.2 cm³/mol. The Bertz CT molecular complexity index is 271. The van der Waals surface area contributed by atoms with E-state index in [1.54, 1.807) is 11.3 Å². The summed E-state index contributed by atoms with van der Waals surface area (Å²) in [5.41, 5.74) is 1.76. The number of thiophene rings is 1. The van der Waals surface area contributed by atoms with Gasteiger partial charge in [-0.3, -0.25) is 0 Å². The van der Waals surface area contributed by atoms with E-state index in [9.17, 15) is 0 Å². The number of hydrogen-bond donors (Lipinski definition) is 1. The van der Waals surface area contributed by atoms with E-state index >= 15 is 0 Å². The Morgan fingerprint density at radius 3 is 2.62 bits per heavy atom. The van der Waals surface area contributed by atoms with Crippen molar-refractivity contribution in [2.75, 3.05) is 6.54 Å². The fraction of sp³-hybridized carbons (Fsp3) is 0.714. The molecule has 0 radical (unpaired) electrons. The Morgan fingerprint density at radius 2 is 2.06 bits per heavy atom. The number of aryl methyl sites for hydroxylation is 1. The van der Waals surface area contributed by atoms with Gasteiger partial charge in [-0.1, -0.05) is 6.92 Å². The van der Waals surface area contributed by atoms with Gasteiger partial charge in [0.15, 0.2) is 0 Å². The lowest BCUT2D eigenvalue weighted by Crippen LogP contribution is -2.36. The van der Waals surface area contributed by atoms with Gasteiger partial charge in [0.2, 0.25) is 0 Å². The van der Waals surface area contributed by atoms with E-state index in [1.807, 2.05) is 0 Å². The zero-order chi connectivity index (χ0) is 12.0. The molecule has 0 saturated heterocycles. The molecule has 0 aliphatic heterocycles. The van der Waals surface area contributed by atoms with E-state index in [4.69, 9.17) is 0 Å². The fourth-order valence-corrected chi connectivity index (χ4v) is 2.39. The second-order valence-electron chi connectivity index (χ2n) is 5.74. The summed E-state index contributed by atoms with van der Waals surface area (Å²) in [6.07, 6.45) is 3.82. The van der Waals surface area contributed by atoms with Crippen LogP contribution in [0.25, 0.3) is 0 Å². The molecule has 1 rings (SSSR count). The van der Waals surface area contributed by atoms with Gasteiger partial charge in [0.1, 0.15) is 0 Å². The Morgan fingerprint density at radius 1 is 1.31 bits per heavy atom. The molecule has 0 spiro atoms. The first-order valence-corrected chi connectivity index (χ1v) is 7.18. The molecule has 0 aliphatic carbocycles. The highest BCUT2D eigenvalue weighted by Gasteiger charge is 2.09. The van der Waals surface area contributed by atoms with Gasteiger partial charge < -0.3 is 5.32 Å². The van der Waals surface area contributed by atoms with Crippen molar-refractivity contribution in [2.24, 2.45) is 5.92 Å². The molecule has 0 bridgehead atoms. The summed E-state index contributed by atoms with van der Waals surface area (Å²) in [7, 11) is 0. The first kappa shape index (κ1) is 13.7. The van der Waals surface area contributed by atoms with Gasteiger partial charge in [-0.25, -0.2) is 0 Å². The van der Waals surface area contributed by atoms with Crippen molar-refractivity contribution < 1.29 is 0 Å². The quantitative estimate of drug-likeness (QED) is 0.788. The normalized spacial score (nSPS) is 14.0. The maximum absolute atomic E-state index is 3.55. The molecular weight excluding hydrogens is 214 g/mol. The molecule has 16 heavy (non-hydrogen) atoms. The first-order chi connectivity index (χ1) is 7.47. The molecule has 0 amide bonds. The molecule has 1 heterocycles. The van der Waals surface area contributed by atoms with E-state index in [0.29, 0.717) is 0 Å². The summed E-state index contributed by atoms with van der Waals surface area (Å²) in [6.45, 7) is 10.2. The van der Waals surface area contributed by atoms with Gasteiger partial charge in [0.25, 0.3) is 0 Å². The molecule has 1 aromatic heterocycles. The minimum absolute atomic E-state index is 0.257. The smallest absolute Gasteiger partial charge is 0.00965 e. The second kappa shape index (κ2) is 6.41. The second-order valence-corrected chi connectivity index (χ2v) is 6.52. The Hall–Kier alpha value is -0.340. The fourth-order valence-electron chi connectivity index (χ4n) is 1.69. The van der Waals surface area contributed by atoms with Crippen LogP contribution >= 0.6 is 11.3 Å². The van der Waals surface area contributed by atoms with Crippen molar-refractivity contribution in [3.05, 3.63) is 22.4 Å². The van der Waals surface area contributed by atoms with Crippen molar-refractivity contribution >= 4 is 11.3 Å². The Balaban J connectivity index is 2.09. The van der Waals surface area contributed by atoms with Crippen LogP contribution in [0.2, 0.25) is 0 Å². The average Bonchev–Trinajstić information content (AvgIpc) is 2.65. The summed E-state index contributed by atoms with van der Waals surface area (Å²) < 4.78 is 0. The lowest BCUT2D eigenvalue weighted by Gasteiger charge is -2.21. The lowest BCUT2D eigenvalue weighted by molar-refractivity contribution is 0.387. The molecule has 0 aliphatic rings. The average molecular weight is 239 g/mol. The maximum Gasteiger partial charge on any atom is 0.00965 e. The van der Waals surface area contributed by atoms with Crippen LogP contribution in [0.15, 0.2) is 16.8 Å². The summed E-state index contributed by atoms with van der Waals surface area (Å²) in [5, 5.41) is 7.98. The summed E-state index contributed by atoms with van der Waals surface area (Å²) in [6, 6.07) is 2.24. The van der Waals surface area contributed by atoms with Crippen LogP contribution in [0, 0.1) is 5.92 Å². The van der Waals surface area contributed by atoms with Crippen LogP contribution < -0.4 is 5.32 Å². The summed E-state index contributed by atoms with van der Waals surface area (Å²) in [4.78, 5) is 0. The van der Waals surface area contributed by atoms with Crippen LogP contribution in [0.1, 0.15) is 46.1 Å². The summed E-state index contributed by atoms with van der Waals surface area (Å²) in [5.74, 6) is 0.815. The molecule has 0 saturated carbocycles. The van der Waals surface area contributed by atoms with Crippen molar-refractivity contribution in [3.8, 4) is 0 Å². The van der Waals surface area contributed by atoms with E-state index in [2.05, 4.69) is 49.8 Å². The highest BCUT2D eigenvalue weighted by atomic mass is 32.1. The summed E-state index contributed by atoms with van der Waals surface area (Å²) >= 11 is 1.80. The highest BCUT2D eigenvalue weighted by Crippen LogP contribution is 2.14. The lowest BCUT2D eigenvalue weighted by atomic mass is 9.99. The molecule has 1 N–H and O–H groups in total. The van der Waals surface area contributed by atoms with Gasteiger partial charge in [-0.2, -0.15) is 11.3 Å².